The summed E-state index contributed by atoms with van der Waals surface area (Å²) in [6, 6.07) is 8.75. The fourth-order valence-electron chi connectivity index (χ4n) is 2.16. The van der Waals surface area contributed by atoms with Crippen LogP contribution in [0.25, 0.3) is 0 Å². The van der Waals surface area contributed by atoms with Crippen LogP contribution in [0.2, 0.25) is 0 Å². The first-order valence-electron chi connectivity index (χ1n) is 7.08. The molecule has 2 aromatic rings. The average molecular weight is 299 g/mol. The number of carbonyl (C=O) groups is 1. The van der Waals surface area contributed by atoms with Gasteiger partial charge in [-0.2, -0.15) is 5.10 Å². The van der Waals surface area contributed by atoms with E-state index >= 15 is 0 Å². The maximum atomic E-state index is 12.3. The van der Waals surface area contributed by atoms with Crippen LogP contribution in [0.3, 0.4) is 0 Å². The van der Waals surface area contributed by atoms with Gasteiger partial charge in [-0.25, -0.2) is 0 Å². The second-order valence-electron chi connectivity index (χ2n) is 5.14. The smallest absolute Gasteiger partial charge is 0.276 e. The lowest BCUT2D eigenvalue weighted by molar-refractivity contribution is 0.102. The number of methoxy groups -OCH3 is 2. The zero-order chi connectivity index (χ0) is 15.5. The lowest BCUT2D eigenvalue weighted by Crippen LogP contribution is -2.15. The van der Waals surface area contributed by atoms with Gasteiger partial charge < -0.3 is 14.8 Å². The lowest BCUT2D eigenvalue weighted by Gasteiger charge is -2.11. The Morgan fingerprint density at radius 2 is 1.95 bits per heavy atom. The summed E-state index contributed by atoms with van der Waals surface area (Å²) < 4.78 is 10.4. The molecule has 0 aliphatic heterocycles. The summed E-state index contributed by atoms with van der Waals surface area (Å²) in [5.74, 6) is 1.37. The van der Waals surface area contributed by atoms with Crippen molar-refractivity contribution < 1.29 is 14.3 Å². The molecule has 0 saturated heterocycles. The van der Waals surface area contributed by atoms with Crippen LogP contribution >= 0.6 is 0 Å². The average Bonchev–Trinajstić information content (AvgIpc) is 3.40. The molecule has 6 heteroatoms. The minimum absolute atomic E-state index is 0.272. The molecule has 1 aliphatic rings. The lowest BCUT2D eigenvalue weighted by atomic mass is 10.2. The van der Waals surface area contributed by atoms with Crippen LogP contribution in [-0.2, 0) is 0 Å². The van der Waals surface area contributed by atoms with Gasteiger partial charge in [0.1, 0.15) is 11.5 Å². The highest BCUT2D eigenvalue weighted by molar-refractivity contribution is 6.03. The van der Waals surface area contributed by atoms with Crippen LogP contribution in [0.15, 0.2) is 30.3 Å². The highest BCUT2D eigenvalue weighted by Gasteiger charge is 2.25. The van der Waals surface area contributed by atoms with E-state index in [0.29, 0.717) is 23.1 Å². The maximum Gasteiger partial charge on any atom is 0.276 e. The highest BCUT2D eigenvalue weighted by Crippen LogP contribution is 2.38. The van der Waals surface area contributed by atoms with Crippen LogP contribution in [0.1, 0.15) is 34.9 Å². The Kier molecular flexibility index (Phi) is 3.91. The molecule has 1 amide bonds. The SMILES string of the molecule is COc1ccc(OC)c(NC(=O)c2ccc(C3CC3)nn2)c1. The Morgan fingerprint density at radius 3 is 2.55 bits per heavy atom. The summed E-state index contributed by atoms with van der Waals surface area (Å²) in [7, 11) is 3.11. The predicted molar refractivity (Wildman–Crippen MR) is 81.5 cm³/mol. The molecule has 1 aromatic carbocycles. The Morgan fingerprint density at radius 1 is 1.14 bits per heavy atom. The summed E-state index contributed by atoms with van der Waals surface area (Å²) in [5, 5.41) is 10.9. The molecular weight excluding hydrogens is 282 g/mol. The fraction of sp³-hybridized carbons (Fsp3) is 0.312. The molecule has 1 heterocycles. The number of rotatable bonds is 5. The number of aromatic nitrogens is 2. The van der Waals surface area contributed by atoms with Gasteiger partial charge in [-0.05, 0) is 37.1 Å². The summed E-state index contributed by atoms with van der Waals surface area (Å²) in [4.78, 5) is 12.3. The van der Waals surface area contributed by atoms with Crippen LogP contribution in [0.5, 0.6) is 11.5 Å². The normalized spacial score (nSPS) is 13.5. The summed E-state index contributed by atoms with van der Waals surface area (Å²) in [6.07, 6.45) is 2.31. The number of carbonyl (C=O) groups excluding carboxylic acids is 1. The van der Waals surface area contributed by atoms with Crippen molar-refractivity contribution in [3.63, 3.8) is 0 Å². The van der Waals surface area contributed by atoms with E-state index in [2.05, 4.69) is 15.5 Å². The van der Waals surface area contributed by atoms with Gasteiger partial charge in [0.05, 0.1) is 25.6 Å². The topological polar surface area (TPSA) is 73.3 Å². The van der Waals surface area contributed by atoms with Crippen molar-refractivity contribution in [2.45, 2.75) is 18.8 Å². The number of amides is 1. The zero-order valence-corrected chi connectivity index (χ0v) is 12.5. The number of nitrogens with zero attached hydrogens (tertiary/aromatic N) is 2. The van der Waals surface area contributed by atoms with E-state index in [1.165, 1.54) is 0 Å². The molecule has 0 spiro atoms. The fourth-order valence-corrected chi connectivity index (χ4v) is 2.16. The molecule has 6 nitrogen and oxygen atoms in total. The third kappa shape index (κ3) is 3.00. The molecule has 1 saturated carbocycles. The van der Waals surface area contributed by atoms with Gasteiger partial charge in [0.2, 0.25) is 0 Å². The van der Waals surface area contributed by atoms with Gasteiger partial charge in [-0.1, -0.05) is 0 Å². The molecule has 1 fully saturated rings. The van der Waals surface area contributed by atoms with Gasteiger partial charge in [0, 0.05) is 12.0 Å². The molecule has 1 aliphatic carbocycles. The van der Waals surface area contributed by atoms with Crippen LogP contribution in [0.4, 0.5) is 5.69 Å². The first kappa shape index (κ1) is 14.3. The monoisotopic (exact) mass is 299 g/mol. The Balaban J connectivity index is 1.78. The van der Waals surface area contributed by atoms with Gasteiger partial charge in [0.15, 0.2) is 5.69 Å². The van der Waals surface area contributed by atoms with Crippen molar-refractivity contribution in [1.29, 1.82) is 0 Å². The predicted octanol–water partition coefficient (Wildman–Crippen LogP) is 2.62. The van der Waals surface area contributed by atoms with E-state index in [-0.39, 0.29) is 11.6 Å². The van der Waals surface area contributed by atoms with Gasteiger partial charge in [0.25, 0.3) is 5.91 Å². The van der Waals surface area contributed by atoms with E-state index in [9.17, 15) is 4.79 Å². The van der Waals surface area contributed by atoms with Crippen molar-refractivity contribution in [2.75, 3.05) is 19.5 Å². The molecule has 1 N–H and O–H groups in total. The second kappa shape index (κ2) is 6.01. The third-order valence-corrected chi connectivity index (χ3v) is 3.57. The third-order valence-electron chi connectivity index (χ3n) is 3.57. The van der Waals surface area contributed by atoms with Crippen LogP contribution in [0, 0.1) is 0 Å². The Labute approximate surface area is 128 Å². The largest absolute Gasteiger partial charge is 0.497 e. The molecular formula is C16H17N3O3. The number of anilines is 1. The molecule has 0 bridgehead atoms. The minimum atomic E-state index is -0.332. The maximum absolute atomic E-state index is 12.3. The summed E-state index contributed by atoms with van der Waals surface area (Å²) in [6.45, 7) is 0. The van der Waals surface area contributed by atoms with Crippen LogP contribution < -0.4 is 14.8 Å². The molecule has 22 heavy (non-hydrogen) atoms. The minimum Gasteiger partial charge on any atom is -0.497 e. The van der Waals surface area contributed by atoms with Crippen LogP contribution in [-0.4, -0.2) is 30.3 Å². The Hall–Kier alpha value is -2.63. The molecule has 3 rings (SSSR count). The van der Waals surface area contributed by atoms with Gasteiger partial charge in [-0.15, -0.1) is 5.10 Å². The first-order chi connectivity index (χ1) is 10.7. The molecule has 0 atom stereocenters. The van der Waals surface area contributed by atoms with E-state index in [1.807, 2.05) is 6.07 Å². The zero-order valence-electron chi connectivity index (χ0n) is 12.5. The van der Waals surface area contributed by atoms with Crippen molar-refractivity contribution in [3.8, 4) is 11.5 Å². The van der Waals surface area contributed by atoms with E-state index in [0.717, 1.165) is 18.5 Å². The number of hydrogen-bond donors (Lipinski definition) is 1. The second-order valence-corrected chi connectivity index (χ2v) is 5.14. The highest BCUT2D eigenvalue weighted by atomic mass is 16.5. The molecule has 114 valence electrons. The first-order valence-corrected chi connectivity index (χ1v) is 7.08. The summed E-state index contributed by atoms with van der Waals surface area (Å²) >= 11 is 0. The van der Waals surface area contributed by atoms with Gasteiger partial charge >= 0.3 is 0 Å². The van der Waals surface area contributed by atoms with E-state index in [4.69, 9.17) is 9.47 Å². The summed E-state index contributed by atoms with van der Waals surface area (Å²) in [5.41, 5.74) is 1.75. The quantitative estimate of drug-likeness (QED) is 0.918. The number of ether oxygens (including phenoxy) is 2. The molecule has 0 unspecified atom stereocenters. The Bertz CT molecular complexity index is 682. The van der Waals surface area contributed by atoms with Crippen molar-refractivity contribution >= 4 is 11.6 Å². The number of nitrogens with one attached hydrogen (secondary N) is 1. The molecule has 1 aromatic heterocycles. The van der Waals surface area contributed by atoms with Gasteiger partial charge in [-0.3, -0.25) is 4.79 Å². The van der Waals surface area contributed by atoms with Crippen molar-refractivity contribution in [1.82, 2.24) is 10.2 Å². The van der Waals surface area contributed by atoms with Crippen molar-refractivity contribution in [3.05, 3.63) is 41.7 Å². The number of benzene rings is 1. The van der Waals surface area contributed by atoms with Crippen molar-refractivity contribution in [2.24, 2.45) is 0 Å². The standard InChI is InChI=1S/C16H17N3O3/c1-21-11-5-8-15(22-2)14(9-11)17-16(20)13-7-6-12(18-19-13)10-3-4-10/h5-10H,3-4H2,1-2H3,(H,17,20). The number of hydrogen-bond acceptors (Lipinski definition) is 5. The molecule has 0 radical (unpaired) electrons. The van der Waals surface area contributed by atoms with E-state index in [1.54, 1.807) is 38.5 Å². The van der Waals surface area contributed by atoms with E-state index < -0.39 is 0 Å².